The molecule has 4 aromatic rings. The molecule has 1 aliphatic carbocycles. The molecule has 8 heteroatoms. The first-order valence-electron chi connectivity index (χ1n) is 9.65. The number of hydrogen-bond donors (Lipinski definition) is 1. The van der Waals surface area contributed by atoms with E-state index in [0.717, 1.165) is 33.6 Å². The number of rotatable bonds is 4. The normalized spacial score (nSPS) is 15.0. The first-order chi connectivity index (χ1) is 13.7. The summed E-state index contributed by atoms with van der Waals surface area (Å²) in [7, 11) is 3.41. The topological polar surface area (TPSA) is 82.2 Å². The van der Waals surface area contributed by atoms with E-state index in [0.29, 0.717) is 17.9 Å². The second-order valence-electron chi connectivity index (χ2n) is 7.25. The number of anilines is 1. The number of aromatic nitrogens is 6. The van der Waals surface area contributed by atoms with Crippen molar-refractivity contribution >= 4 is 22.6 Å². The summed E-state index contributed by atoms with van der Waals surface area (Å²) in [4.78, 5) is 13.8. The molecule has 0 aromatic carbocycles. The van der Waals surface area contributed by atoms with Gasteiger partial charge in [-0.15, -0.1) is 5.10 Å². The van der Waals surface area contributed by atoms with Gasteiger partial charge in [0.15, 0.2) is 5.65 Å². The molecule has 0 amide bonds. The van der Waals surface area contributed by atoms with E-state index < -0.39 is 0 Å². The monoisotopic (exact) mass is 377 g/mol. The number of pyridine rings is 1. The van der Waals surface area contributed by atoms with Crippen LogP contribution in [0.25, 0.3) is 27.8 Å². The molecule has 1 aliphatic rings. The van der Waals surface area contributed by atoms with Crippen LogP contribution in [-0.4, -0.2) is 43.3 Å². The van der Waals surface area contributed by atoms with Gasteiger partial charge in [0, 0.05) is 36.6 Å². The van der Waals surface area contributed by atoms with Gasteiger partial charge in [0.1, 0.15) is 11.3 Å². The Morgan fingerprint density at radius 2 is 2.04 bits per heavy atom. The van der Waals surface area contributed by atoms with Crippen molar-refractivity contribution < 1.29 is 4.74 Å². The van der Waals surface area contributed by atoms with Gasteiger partial charge in [0.25, 0.3) is 0 Å². The average molecular weight is 377 g/mol. The zero-order chi connectivity index (χ0) is 19.3. The van der Waals surface area contributed by atoms with Crippen molar-refractivity contribution in [3.8, 4) is 17.0 Å². The standard InChI is InChI=1S/C20H23N7O/c1-12-23-18-16(27(12)14-6-4-5-7-14)10-13(11-22-18)15-8-9-26-17(15)19(28-3)24-20(21-2)25-26/h8-11,14H,4-7H2,1-3H3,(H,21,25). The minimum atomic E-state index is 0.509. The Kier molecular flexibility index (Phi) is 3.92. The second kappa shape index (κ2) is 6.47. The van der Waals surface area contributed by atoms with Crippen LogP contribution in [0, 0.1) is 6.92 Å². The van der Waals surface area contributed by atoms with Crippen LogP contribution in [-0.2, 0) is 0 Å². The van der Waals surface area contributed by atoms with E-state index in [4.69, 9.17) is 4.74 Å². The van der Waals surface area contributed by atoms with E-state index in [-0.39, 0.29) is 0 Å². The van der Waals surface area contributed by atoms with Crippen molar-refractivity contribution in [2.24, 2.45) is 0 Å². The van der Waals surface area contributed by atoms with Crippen LogP contribution >= 0.6 is 0 Å². The first kappa shape index (κ1) is 17.0. The summed E-state index contributed by atoms with van der Waals surface area (Å²) in [6.45, 7) is 2.07. The van der Waals surface area contributed by atoms with Crippen molar-refractivity contribution in [2.75, 3.05) is 19.5 Å². The van der Waals surface area contributed by atoms with Gasteiger partial charge in [-0.05, 0) is 31.9 Å². The highest BCUT2D eigenvalue weighted by Crippen LogP contribution is 2.36. The Morgan fingerprint density at radius 1 is 1.21 bits per heavy atom. The molecule has 0 bridgehead atoms. The zero-order valence-corrected chi connectivity index (χ0v) is 16.3. The number of methoxy groups -OCH3 is 1. The minimum absolute atomic E-state index is 0.509. The molecule has 8 nitrogen and oxygen atoms in total. The summed E-state index contributed by atoms with van der Waals surface area (Å²) in [5, 5.41) is 7.43. The number of aryl methyl sites for hydroxylation is 1. The number of hydrogen-bond acceptors (Lipinski definition) is 6. The van der Waals surface area contributed by atoms with Gasteiger partial charge in [-0.1, -0.05) is 12.8 Å². The third kappa shape index (κ3) is 2.51. The maximum atomic E-state index is 5.54. The van der Waals surface area contributed by atoms with Crippen LogP contribution < -0.4 is 10.1 Å². The summed E-state index contributed by atoms with van der Waals surface area (Å²) in [6.07, 6.45) is 8.76. The fourth-order valence-electron chi connectivity index (χ4n) is 4.33. The number of fused-ring (bicyclic) bond motifs is 2. The van der Waals surface area contributed by atoms with E-state index in [1.54, 1.807) is 18.7 Å². The van der Waals surface area contributed by atoms with Gasteiger partial charge in [-0.2, -0.15) is 4.98 Å². The molecule has 0 unspecified atom stereocenters. The summed E-state index contributed by atoms with van der Waals surface area (Å²) >= 11 is 0. The molecule has 0 radical (unpaired) electrons. The lowest BCUT2D eigenvalue weighted by Crippen LogP contribution is -2.06. The third-order valence-corrected chi connectivity index (χ3v) is 5.62. The fourth-order valence-corrected chi connectivity index (χ4v) is 4.33. The number of imidazole rings is 1. The predicted molar refractivity (Wildman–Crippen MR) is 108 cm³/mol. The van der Waals surface area contributed by atoms with Gasteiger partial charge >= 0.3 is 0 Å². The van der Waals surface area contributed by atoms with Gasteiger partial charge in [0.05, 0.1) is 12.6 Å². The van der Waals surface area contributed by atoms with Crippen LogP contribution in [0.1, 0.15) is 37.5 Å². The summed E-state index contributed by atoms with van der Waals surface area (Å²) in [6, 6.07) is 4.73. The van der Waals surface area contributed by atoms with Crippen molar-refractivity contribution in [1.29, 1.82) is 0 Å². The molecule has 1 saturated carbocycles. The van der Waals surface area contributed by atoms with Gasteiger partial charge in [-0.3, -0.25) is 0 Å². The van der Waals surface area contributed by atoms with Gasteiger partial charge < -0.3 is 14.6 Å². The van der Waals surface area contributed by atoms with Crippen LogP contribution in [0.3, 0.4) is 0 Å². The van der Waals surface area contributed by atoms with Gasteiger partial charge in [-0.25, -0.2) is 14.5 Å². The van der Waals surface area contributed by atoms with Gasteiger partial charge in [0.2, 0.25) is 11.8 Å². The molecular weight excluding hydrogens is 354 g/mol. The highest BCUT2D eigenvalue weighted by molar-refractivity contribution is 5.88. The lowest BCUT2D eigenvalue weighted by molar-refractivity contribution is 0.400. The van der Waals surface area contributed by atoms with Crippen molar-refractivity contribution in [3.63, 3.8) is 0 Å². The average Bonchev–Trinajstić information content (AvgIpc) is 3.44. The third-order valence-electron chi connectivity index (χ3n) is 5.62. The molecular formula is C20H23N7O. The number of ether oxygens (including phenoxy) is 1. The lowest BCUT2D eigenvalue weighted by Gasteiger charge is -2.15. The minimum Gasteiger partial charge on any atom is -0.479 e. The molecule has 28 heavy (non-hydrogen) atoms. The van der Waals surface area contributed by atoms with Crippen LogP contribution in [0.5, 0.6) is 5.88 Å². The number of nitrogens with one attached hydrogen (secondary N) is 1. The molecule has 0 aliphatic heterocycles. The molecule has 4 heterocycles. The molecule has 0 spiro atoms. The SMILES string of the molecule is CNc1nc(OC)c2c(-c3cnc4nc(C)n(C5CCCC5)c4c3)ccn2n1. The Labute approximate surface area is 162 Å². The van der Waals surface area contributed by atoms with Crippen LogP contribution in [0.4, 0.5) is 5.95 Å². The van der Waals surface area contributed by atoms with E-state index in [9.17, 15) is 0 Å². The first-order valence-corrected chi connectivity index (χ1v) is 9.65. The summed E-state index contributed by atoms with van der Waals surface area (Å²) in [5.74, 6) is 2.07. The fraction of sp³-hybridized carbons (Fsp3) is 0.400. The zero-order valence-electron chi connectivity index (χ0n) is 16.3. The molecule has 4 aromatic heterocycles. The predicted octanol–water partition coefficient (Wildman–Crippen LogP) is 3.61. The van der Waals surface area contributed by atoms with Crippen molar-refractivity contribution in [2.45, 2.75) is 38.6 Å². The smallest absolute Gasteiger partial charge is 0.244 e. The highest BCUT2D eigenvalue weighted by atomic mass is 16.5. The molecule has 1 fully saturated rings. The van der Waals surface area contributed by atoms with E-state index >= 15 is 0 Å². The molecule has 5 rings (SSSR count). The van der Waals surface area contributed by atoms with Crippen molar-refractivity contribution in [3.05, 3.63) is 30.4 Å². The summed E-state index contributed by atoms with van der Waals surface area (Å²) < 4.78 is 9.69. The maximum Gasteiger partial charge on any atom is 0.244 e. The molecule has 144 valence electrons. The largest absolute Gasteiger partial charge is 0.479 e. The second-order valence-corrected chi connectivity index (χ2v) is 7.25. The Bertz CT molecular complexity index is 1170. The van der Waals surface area contributed by atoms with Crippen LogP contribution in [0.15, 0.2) is 24.5 Å². The van der Waals surface area contributed by atoms with Crippen molar-refractivity contribution in [1.82, 2.24) is 29.1 Å². The Morgan fingerprint density at radius 3 is 2.79 bits per heavy atom. The molecule has 0 saturated heterocycles. The van der Waals surface area contributed by atoms with E-state index in [1.165, 1.54) is 25.7 Å². The summed E-state index contributed by atoms with van der Waals surface area (Å²) in [5.41, 5.74) is 4.72. The Balaban J connectivity index is 1.70. The maximum absolute atomic E-state index is 5.54. The van der Waals surface area contributed by atoms with E-state index in [2.05, 4.69) is 42.9 Å². The molecule has 0 atom stereocenters. The van der Waals surface area contributed by atoms with Crippen LogP contribution in [0.2, 0.25) is 0 Å². The van der Waals surface area contributed by atoms with E-state index in [1.807, 2.05) is 18.5 Å². The number of nitrogens with zero attached hydrogens (tertiary/aromatic N) is 6. The Hall–Kier alpha value is -3.16. The lowest BCUT2D eigenvalue weighted by atomic mass is 10.1. The molecule has 1 N–H and O–H groups in total. The highest BCUT2D eigenvalue weighted by Gasteiger charge is 2.22. The quantitative estimate of drug-likeness (QED) is 0.585.